The molecule has 0 saturated heterocycles. The minimum Gasteiger partial charge on any atom is -0.343 e. The van der Waals surface area contributed by atoms with Gasteiger partial charge in [-0.1, -0.05) is 42.0 Å². The average Bonchev–Trinajstić information content (AvgIpc) is 2.77. The second kappa shape index (κ2) is 5.74. The first-order valence-electron chi connectivity index (χ1n) is 7.40. The summed E-state index contributed by atoms with van der Waals surface area (Å²) in [4.78, 5) is 2.23. The average molecular weight is 278 g/mol. The van der Waals surface area contributed by atoms with Crippen molar-refractivity contribution in [1.82, 2.24) is 9.47 Å². The first-order chi connectivity index (χ1) is 10.1. The number of fused-ring (bicyclic) bond motifs is 1. The molecule has 0 aliphatic carbocycles. The van der Waals surface area contributed by atoms with Gasteiger partial charge in [0, 0.05) is 30.2 Å². The molecule has 2 heteroatoms. The number of benzene rings is 2. The molecule has 0 N–H and O–H groups in total. The first kappa shape index (κ1) is 13.9. The van der Waals surface area contributed by atoms with Crippen LogP contribution in [0.3, 0.4) is 0 Å². The fraction of sp³-hybridized carbons (Fsp3) is 0.263. The highest BCUT2D eigenvalue weighted by atomic mass is 15.1. The van der Waals surface area contributed by atoms with Crippen LogP contribution in [0.25, 0.3) is 10.9 Å². The Morgan fingerprint density at radius 3 is 2.48 bits per heavy atom. The van der Waals surface area contributed by atoms with Crippen molar-refractivity contribution in [3.05, 3.63) is 71.4 Å². The normalized spacial score (nSPS) is 11.4. The Morgan fingerprint density at radius 2 is 1.76 bits per heavy atom. The quantitative estimate of drug-likeness (QED) is 0.698. The van der Waals surface area contributed by atoms with Crippen molar-refractivity contribution in [3.63, 3.8) is 0 Å². The molecule has 0 saturated carbocycles. The van der Waals surface area contributed by atoms with E-state index in [4.69, 9.17) is 0 Å². The molecule has 0 spiro atoms. The van der Waals surface area contributed by atoms with Crippen molar-refractivity contribution in [2.45, 2.75) is 20.0 Å². The van der Waals surface area contributed by atoms with Crippen LogP contribution in [0.15, 0.2) is 54.7 Å². The van der Waals surface area contributed by atoms with E-state index in [1.807, 2.05) is 0 Å². The summed E-state index contributed by atoms with van der Waals surface area (Å²) in [5.41, 5.74) is 5.38. The largest absolute Gasteiger partial charge is 0.343 e. The van der Waals surface area contributed by atoms with Gasteiger partial charge < -0.3 is 9.47 Å². The lowest BCUT2D eigenvalue weighted by atomic mass is 10.1. The number of hydrogen-bond donors (Lipinski definition) is 0. The van der Waals surface area contributed by atoms with Gasteiger partial charge in [0.25, 0.3) is 0 Å². The number of aromatic nitrogens is 1. The summed E-state index contributed by atoms with van der Waals surface area (Å²) in [5, 5.41) is 1.37. The van der Waals surface area contributed by atoms with Gasteiger partial charge in [-0.3, -0.25) is 0 Å². The maximum Gasteiger partial charge on any atom is 0.0486 e. The minimum absolute atomic E-state index is 0.924. The Hall–Kier alpha value is -2.06. The van der Waals surface area contributed by atoms with Crippen LogP contribution in [-0.4, -0.2) is 23.6 Å². The fourth-order valence-electron chi connectivity index (χ4n) is 2.86. The van der Waals surface area contributed by atoms with Gasteiger partial charge in [-0.05, 0) is 44.3 Å². The van der Waals surface area contributed by atoms with Crippen LogP contribution in [0.1, 0.15) is 16.7 Å². The van der Waals surface area contributed by atoms with Crippen LogP contribution < -0.4 is 0 Å². The summed E-state index contributed by atoms with van der Waals surface area (Å²) in [6.45, 7) is 4.06. The van der Waals surface area contributed by atoms with Crippen LogP contribution in [0.4, 0.5) is 0 Å². The Bertz CT molecular complexity index is 739. The molecule has 0 fully saturated rings. The monoisotopic (exact) mass is 278 g/mol. The van der Waals surface area contributed by atoms with E-state index < -0.39 is 0 Å². The SMILES string of the molecule is Cc1ccc2c(c1)c(CN(C)C)cn2Cc1ccccc1. The second-order valence-electron chi connectivity index (χ2n) is 6.03. The van der Waals surface area contributed by atoms with Crippen LogP contribution >= 0.6 is 0 Å². The van der Waals surface area contributed by atoms with E-state index >= 15 is 0 Å². The Labute approximate surface area is 126 Å². The zero-order chi connectivity index (χ0) is 14.8. The molecule has 0 amide bonds. The molecule has 1 heterocycles. The molecule has 0 aliphatic heterocycles. The summed E-state index contributed by atoms with van der Waals surface area (Å²) in [6.07, 6.45) is 2.30. The van der Waals surface area contributed by atoms with Crippen LogP contribution in [-0.2, 0) is 13.1 Å². The van der Waals surface area contributed by atoms with Crippen molar-refractivity contribution >= 4 is 10.9 Å². The Morgan fingerprint density at radius 1 is 1.00 bits per heavy atom. The van der Waals surface area contributed by atoms with Crippen molar-refractivity contribution in [1.29, 1.82) is 0 Å². The zero-order valence-corrected chi connectivity index (χ0v) is 13.0. The molecule has 0 aliphatic rings. The van der Waals surface area contributed by atoms with Gasteiger partial charge in [0.1, 0.15) is 0 Å². The van der Waals surface area contributed by atoms with E-state index in [1.54, 1.807) is 0 Å². The molecule has 2 nitrogen and oxygen atoms in total. The molecule has 0 unspecified atom stereocenters. The highest BCUT2D eigenvalue weighted by Crippen LogP contribution is 2.24. The van der Waals surface area contributed by atoms with Gasteiger partial charge in [0.15, 0.2) is 0 Å². The van der Waals surface area contributed by atoms with Crippen molar-refractivity contribution in [3.8, 4) is 0 Å². The maximum absolute atomic E-state index is 2.36. The number of rotatable bonds is 4. The molecule has 2 aromatic carbocycles. The zero-order valence-electron chi connectivity index (χ0n) is 13.0. The summed E-state index contributed by atoms with van der Waals surface area (Å²) in [5.74, 6) is 0. The smallest absolute Gasteiger partial charge is 0.0486 e. The molecule has 3 rings (SSSR count). The maximum atomic E-state index is 2.36. The number of hydrogen-bond acceptors (Lipinski definition) is 1. The molecular formula is C19H22N2. The lowest BCUT2D eigenvalue weighted by Crippen LogP contribution is -2.10. The lowest BCUT2D eigenvalue weighted by Gasteiger charge is -2.08. The van der Waals surface area contributed by atoms with Gasteiger partial charge in [0.2, 0.25) is 0 Å². The minimum atomic E-state index is 0.924. The Kier molecular flexibility index (Phi) is 3.80. The van der Waals surface area contributed by atoms with Crippen molar-refractivity contribution < 1.29 is 0 Å². The van der Waals surface area contributed by atoms with E-state index in [2.05, 4.69) is 85.2 Å². The topological polar surface area (TPSA) is 8.17 Å². The Balaban J connectivity index is 2.06. The third kappa shape index (κ3) is 3.01. The number of aryl methyl sites for hydroxylation is 1. The summed E-state index contributed by atoms with van der Waals surface area (Å²) < 4.78 is 2.36. The predicted molar refractivity (Wildman–Crippen MR) is 89.6 cm³/mol. The molecule has 21 heavy (non-hydrogen) atoms. The molecule has 3 aromatic rings. The van der Waals surface area contributed by atoms with Gasteiger partial charge in [-0.15, -0.1) is 0 Å². The van der Waals surface area contributed by atoms with Crippen LogP contribution in [0.2, 0.25) is 0 Å². The second-order valence-corrected chi connectivity index (χ2v) is 6.03. The summed E-state index contributed by atoms with van der Waals surface area (Å²) in [6, 6.07) is 17.4. The number of nitrogens with zero attached hydrogens (tertiary/aromatic N) is 2. The highest BCUT2D eigenvalue weighted by molar-refractivity contribution is 5.84. The first-order valence-corrected chi connectivity index (χ1v) is 7.40. The molecule has 0 atom stereocenters. The van der Waals surface area contributed by atoms with Crippen LogP contribution in [0.5, 0.6) is 0 Å². The summed E-state index contributed by atoms with van der Waals surface area (Å²) >= 11 is 0. The van der Waals surface area contributed by atoms with E-state index in [0.29, 0.717) is 0 Å². The van der Waals surface area contributed by atoms with Gasteiger partial charge in [0.05, 0.1) is 0 Å². The van der Waals surface area contributed by atoms with E-state index in [-0.39, 0.29) is 0 Å². The molecule has 0 radical (unpaired) electrons. The molecular weight excluding hydrogens is 256 g/mol. The summed E-state index contributed by atoms with van der Waals surface area (Å²) in [7, 11) is 4.24. The van der Waals surface area contributed by atoms with E-state index in [1.165, 1.54) is 27.6 Å². The third-order valence-electron chi connectivity index (χ3n) is 3.80. The van der Waals surface area contributed by atoms with Crippen molar-refractivity contribution in [2.75, 3.05) is 14.1 Å². The standard InChI is InChI=1S/C19H22N2/c1-15-9-10-19-18(11-15)17(13-20(2)3)14-21(19)12-16-7-5-4-6-8-16/h4-11,14H,12-13H2,1-3H3. The van der Waals surface area contributed by atoms with Gasteiger partial charge in [-0.25, -0.2) is 0 Å². The molecule has 1 aromatic heterocycles. The lowest BCUT2D eigenvalue weighted by molar-refractivity contribution is 0.403. The van der Waals surface area contributed by atoms with Crippen molar-refractivity contribution in [2.24, 2.45) is 0 Å². The third-order valence-corrected chi connectivity index (χ3v) is 3.80. The predicted octanol–water partition coefficient (Wildman–Crippen LogP) is 4.06. The molecule has 0 bridgehead atoms. The fourth-order valence-corrected chi connectivity index (χ4v) is 2.86. The van der Waals surface area contributed by atoms with Crippen LogP contribution in [0, 0.1) is 6.92 Å². The highest BCUT2D eigenvalue weighted by Gasteiger charge is 2.09. The van der Waals surface area contributed by atoms with E-state index in [9.17, 15) is 0 Å². The van der Waals surface area contributed by atoms with Gasteiger partial charge in [-0.2, -0.15) is 0 Å². The molecule has 108 valence electrons. The van der Waals surface area contributed by atoms with E-state index in [0.717, 1.165) is 13.1 Å². The van der Waals surface area contributed by atoms with Gasteiger partial charge >= 0.3 is 0 Å².